The van der Waals surface area contributed by atoms with Crippen LogP contribution in [0.1, 0.15) is 37.3 Å². The monoisotopic (exact) mass is 303 g/mol. The minimum Gasteiger partial charge on any atom is -0.481 e. The molecule has 1 aromatic rings. The molecule has 0 aromatic carbocycles. The van der Waals surface area contributed by atoms with E-state index in [1.54, 1.807) is 6.20 Å². The minimum absolute atomic E-state index is 0.0612. The Morgan fingerprint density at radius 1 is 1.32 bits per heavy atom. The van der Waals surface area contributed by atoms with Crippen molar-refractivity contribution in [1.82, 2.24) is 15.1 Å². The zero-order valence-electron chi connectivity index (χ0n) is 12.6. The number of hydrogen-bond acceptors (Lipinski definition) is 3. The SMILES string of the molecule is Cn1nccc1[C@@H]1C[C@H]1C(=O)N[C@@H]1C[C@H]2CC(C(=O)O)C[C@H]21. The van der Waals surface area contributed by atoms with Crippen molar-refractivity contribution in [2.75, 3.05) is 0 Å². The Bertz CT molecular complexity index is 626. The van der Waals surface area contributed by atoms with Gasteiger partial charge in [-0.15, -0.1) is 0 Å². The van der Waals surface area contributed by atoms with Crippen LogP contribution in [0.25, 0.3) is 0 Å². The number of carbonyl (C=O) groups excluding carboxylic acids is 1. The van der Waals surface area contributed by atoms with Gasteiger partial charge in [0.15, 0.2) is 0 Å². The number of carboxylic acids is 1. The third kappa shape index (κ3) is 2.12. The van der Waals surface area contributed by atoms with Gasteiger partial charge in [-0.3, -0.25) is 14.3 Å². The molecule has 0 spiro atoms. The van der Waals surface area contributed by atoms with E-state index < -0.39 is 5.97 Å². The van der Waals surface area contributed by atoms with Gasteiger partial charge >= 0.3 is 5.97 Å². The van der Waals surface area contributed by atoms with Gasteiger partial charge in [0.2, 0.25) is 5.91 Å². The van der Waals surface area contributed by atoms with Crippen LogP contribution in [-0.4, -0.2) is 32.8 Å². The van der Waals surface area contributed by atoms with E-state index in [0.29, 0.717) is 17.8 Å². The molecule has 1 aromatic heterocycles. The first kappa shape index (κ1) is 13.8. The molecule has 3 aliphatic rings. The smallest absolute Gasteiger partial charge is 0.306 e. The van der Waals surface area contributed by atoms with Crippen molar-refractivity contribution in [2.45, 2.75) is 37.6 Å². The van der Waals surface area contributed by atoms with Crippen LogP contribution in [-0.2, 0) is 16.6 Å². The van der Waals surface area contributed by atoms with Crippen LogP contribution in [0.5, 0.6) is 0 Å². The Kier molecular flexibility index (Phi) is 3.03. The molecule has 0 bridgehead atoms. The fraction of sp³-hybridized carbons (Fsp3) is 0.688. The number of nitrogens with zero attached hydrogens (tertiary/aromatic N) is 2. The van der Waals surface area contributed by atoms with E-state index in [-0.39, 0.29) is 23.8 Å². The number of aromatic nitrogens is 2. The van der Waals surface area contributed by atoms with E-state index in [0.717, 1.165) is 31.4 Å². The molecule has 1 amide bonds. The van der Waals surface area contributed by atoms with Crippen LogP contribution >= 0.6 is 0 Å². The second kappa shape index (κ2) is 4.83. The molecule has 2 N–H and O–H groups in total. The summed E-state index contributed by atoms with van der Waals surface area (Å²) in [4.78, 5) is 23.5. The van der Waals surface area contributed by atoms with Crippen LogP contribution in [0, 0.1) is 23.7 Å². The van der Waals surface area contributed by atoms with E-state index in [2.05, 4.69) is 10.4 Å². The number of amides is 1. The normalized spacial score (nSPS) is 39.0. The van der Waals surface area contributed by atoms with Crippen LogP contribution in [0.2, 0.25) is 0 Å². The highest BCUT2D eigenvalue weighted by molar-refractivity contribution is 5.83. The van der Waals surface area contributed by atoms with Crippen molar-refractivity contribution >= 4 is 11.9 Å². The number of nitrogens with one attached hydrogen (secondary N) is 1. The maximum Gasteiger partial charge on any atom is 0.306 e. The van der Waals surface area contributed by atoms with Gasteiger partial charge < -0.3 is 10.4 Å². The van der Waals surface area contributed by atoms with E-state index in [4.69, 9.17) is 5.11 Å². The molecule has 6 heteroatoms. The number of aliphatic carboxylic acids is 1. The quantitative estimate of drug-likeness (QED) is 0.873. The van der Waals surface area contributed by atoms with Crippen molar-refractivity contribution in [3.8, 4) is 0 Å². The first-order valence-electron chi connectivity index (χ1n) is 8.05. The Hall–Kier alpha value is -1.85. The summed E-state index contributed by atoms with van der Waals surface area (Å²) in [5.74, 6) is 0.466. The lowest BCUT2D eigenvalue weighted by atomic mass is 9.71. The summed E-state index contributed by atoms with van der Waals surface area (Å²) in [6.07, 6.45) is 5.12. The number of fused-ring (bicyclic) bond motifs is 1. The molecule has 4 rings (SSSR count). The number of carboxylic acid groups (broad SMARTS) is 1. The highest BCUT2D eigenvalue weighted by atomic mass is 16.4. The number of aryl methyl sites for hydroxylation is 1. The average Bonchev–Trinajstić information content (AvgIpc) is 3.02. The summed E-state index contributed by atoms with van der Waals surface area (Å²) in [6, 6.07) is 2.17. The van der Waals surface area contributed by atoms with Gasteiger partial charge in [0, 0.05) is 36.8 Å². The van der Waals surface area contributed by atoms with Crippen LogP contribution in [0.3, 0.4) is 0 Å². The van der Waals surface area contributed by atoms with Crippen LogP contribution in [0.15, 0.2) is 12.3 Å². The molecule has 3 saturated carbocycles. The maximum absolute atomic E-state index is 12.4. The molecule has 1 heterocycles. The number of carbonyl (C=O) groups is 2. The molecule has 6 nitrogen and oxygen atoms in total. The standard InChI is InChI=1S/C16H21N3O3/c1-19-14(2-3-17-19)11-7-12(11)15(20)18-13-6-8-4-9(16(21)22)5-10(8)13/h2-3,8-13H,4-7H2,1H3,(H,18,20)(H,21,22)/t8-,9?,10-,11-,12-,13-/m1/s1. The Balaban J connectivity index is 1.32. The maximum atomic E-state index is 12.4. The summed E-state index contributed by atoms with van der Waals surface area (Å²) < 4.78 is 1.84. The topological polar surface area (TPSA) is 84.2 Å². The predicted octanol–water partition coefficient (Wildman–Crippen LogP) is 1.14. The molecule has 3 fully saturated rings. The van der Waals surface area contributed by atoms with Crippen molar-refractivity contribution < 1.29 is 14.7 Å². The highest BCUT2D eigenvalue weighted by Crippen LogP contribution is 2.51. The molecule has 22 heavy (non-hydrogen) atoms. The van der Waals surface area contributed by atoms with Gasteiger partial charge in [-0.2, -0.15) is 5.10 Å². The van der Waals surface area contributed by atoms with Gasteiger partial charge in [0.05, 0.1) is 5.92 Å². The van der Waals surface area contributed by atoms with Crippen molar-refractivity contribution in [2.24, 2.45) is 30.7 Å². The fourth-order valence-electron chi connectivity index (χ4n) is 4.44. The molecular weight excluding hydrogens is 282 g/mol. The van der Waals surface area contributed by atoms with E-state index in [1.807, 2.05) is 17.8 Å². The second-order valence-corrected chi connectivity index (χ2v) is 7.11. The van der Waals surface area contributed by atoms with E-state index in [1.165, 1.54) is 0 Å². The molecule has 1 unspecified atom stereocenters. The Labute approximate surface area is 128 Å². The highest BCUT2D eigenvalue weighted by Gasteiger charge is 2.52. The summed E-state index contributed by atoms with van der Waals surface area (Å²) >= 11 is 0. The molecule has 3 aliphatic carbocycles. The second-order valence-electron chi connectivity index (χ2n) is 7.11. The first-order valence-corrected chi connectivity index (χ1v) is 8.05. The molecule has 0 aliphatic heterocycles. The Morgan fingerprint density at radius 2 is 2.14 bits per heavy atom. The summed E-state index contributed by atoms with van der Waals surface area (Å²) in [5.41, 5.74) is 1.12. The Morgan fingerprint density at radius 3 is 2.82 bits per heavy atom. The summed E-state index contributed by atoms with van der Waals surface area (Å²) in [6.45, 7) is 0. The largest absolute Gasteiger partial charge is 0.481 e. The molecule has 6 atom stereocenters. The number of rotatable bonds is 4. The molecular formula is C16H21N3O3. The van der Waals surface area contributed by atoms with Gasteiger partial charge in [0.1, 0.15) is 0 Å². The lowest BCUT2D eigenvalue weighted by Crippen LogP contribution is -2.50. The van der Waals surface area contributed by atoms with Crippen molar-refractivity contribution in [3.05, 3.63) is 18.0 Å². The minimum atomic E-state index is -0.682. The predicted molar refractivity (Wildman–Crippen MR) is 77.9 cm³/mol. The van der Waals surface area contributed by atoms with Gasteiger partial charge in [-0.1, -0.05) is 0 Å². The zero-order valence-corrected chi connectivity index (χ0v) is 12.6. The van der Waals surface area contributed by atoms with Gasteiger partial charge in [-0.25, -0.2) is 0 Å². The lowest BCUT2D eigenvalue weighted by molar-refractivity contribution is -0.141. The zero-order chi connectivity index (χ0) is 15.4. The van der Waals surface area contributed by atoms with Crippen LogP contribution < -0.4 is 5.32 Å². The average molecular weight is 303 g/mol. The van der Waals surface area contributed by atoms with Crippen LogP contribution in [0.4, 0.5) is 0 Å². The fourth-order valence-corrected chi connectivity index (χ4v) is 4.44. The summed E-state index contributed by atoms with van der Waals surface area (Å²) in [5, 5.41) is 16.4. The van der Waals surface area contributed by atoms with Crippen molar-refractivity contribution in [1.29, 1.82) is 0 Å². The lowest BCUT2D eigenvalue weighted by Gasteiger charge is -2.40. The molecule has 0 radical (unpaired) electrons. The number of hydrogen-bond donors (Lipinski definition) is 2. The van der Waals surface area contributed by atoms with E-state index >= 15 is 0 Å². The molecule has 118 valence electrons. The first-order chi connectivity index (χ1) is 10.5. The molecule has 0 saturated heterocycles. The van der Waals surface area contributed by atoms with Gasteiger partial charge in [0.25, 0.3) is 0 Å². The third-order valence-electron chi connectivity index (χ3n) is 5.87. The third-order valence-corrected chi connectivity index (χ3v) is 5.87. The van der Waals surface area contributed by atoms with Gasteiger partial charge in [-0.05, 0) is 43.6 Å². The summed E-state index contributed by atoms with van der Waals surface area (Å²) in [7, 11) is 1.91. The van der Waals surface area contributed by atoms with Crippen molar-refractivity contribution in [3.63, 3.8) is 0 Å². The van der Waals surface area contributed by atoms with E-state index in [9.17, 15) is 9.59 Å².